The van der Waals surface area contributed by atoms with Crippen molar-refractivity contribution in [2.24, 2.45) is 0 Å². The number of aromatic nitrogens is 1. The molecule has 0 saturated carbocycles. The van der Waals surface area contributed by atoms with Gasteiger partial charge in [-0.15, -0.1) is 11.3 Å². The molecule has 1 fully saturated rings. The van der Waals surface area contributed by atoms with Gasteiger partial charge >= 0.3 is 0 Å². The molecule has 5 heteroatoms. The number of hydrogen-bond donors (Lipinski definition) is 1. The van der Waals surface area contributed by atoms with Gasteiger partial charge in [0, 0.05) is 31.0 Å². The summed E-state index contributed by atoms with van der Waals surface area (Å²) in [5.41, 5.74) is 6.70. The first-order chi connectivity index (χ1) is 7.66. The third-order valence-corrected chi connectivity index (χ3v) is 3.92. The first-order valence-electron chi connectivity index (χ1n) is 5.68. The van der Waals surface area contributed by atoms with Gasteiger partial charge in [-0.2, -0.15) is 0 Å². The zero-order valence-corrected chi connectivity index (χ0v) is 10.7. The quantitative estimate of drug-likeness (QED) is 0.865. The van der Waals surface area contributed by atoms with Crippen LogP contribution in [0.25, 0.3) is 0 Å². The molecule has 16 heavy (non-hydrogen) atoms. The van der Waals surface area contributed by atoms with E-state index in [1.165, 1.54) is 11.3 Å². The van der Waals surface area contributed by atoms with E-state index < -0.39 is 0 Å². The standard InChI is InChI=1S/C11H19N3OS/c1-8-10(4-6-15-8)14(2)5-3-9-7-16-11(12)13-9/h7-8,10H,3-6H2,1-2H3,(H2,12,13). The molecule has 2 atom stereocenters. The fourth-order valence-electron chi connectivity index (χ4n) is 2.19. The summed E-state index contributed by atoms with van der Waals surface area (Å²) in [5, 5.41) is 2.70. The van der Waals surface area contributed by atoms with Gasteiger partial charge < -0.3 is 15.4 Å². The number of nitrogen functional groups attached to an aromatic ring is 1. The molecule has 1 aromatic heterocycles. The average molecular weight is 241 g/mol. The fourth-order valence-corrected chi connectivity index (χ4v) is 2.79. The molecular weight excluding hydrogens is 222 g/mol. The highest BCUT2D eigenvalue weighted by Crippen LogP contribution is 2.19. The predicted octanol–water partition coefficient (Wildman–Crippen LogP) is 1.38. The van der Waals surface area contributed by atoms with Gasteiger partial charge in [0.25, 0.3) is 0 Å². The topological polar surface area (TPSA) is 51.4 Å². The number of anilines is 1. The minimum absolute atomic E-state index is 0.352. The van der Waals surface area contributed by atoms with E-state index in [-0.39, 0.29) is 0 Å². The van der Waals surface area contributed by atoms with Gasteiger partial charge in [0.15, 0.2) is 5.13 Å². The molecule has 90 valence electrons. The molecule has 4 nitrogen and oxygen atoms in total. The van der Waals surface area contributed by atoms with Crippen LogP contribution in [-0.4, -0.2) is 42.2 Å². The van der Waals surface area contributed by atoms with Gasteiger partial charge in [-0.1, -0.05) is 0 Å². The Labute approximate surface area is 100 Å². The molecule has 0 radical (unpaired) electrons. The number of thiazole rings is 1. The van der Waals surface area contributed by atoms with Crippen LogP contribution in [0.5, 0.6) is 0 Å². The second-order valence-electron chi connectivity index (χ2n) is 4.34. The summed E-state index contributed by atoms with van der Waals surface area (Å²) >= 11 is 1.51. The number of rotatable bonds is 4. The summed E-state index contributed by atoms with van der Waals surface area (Å²) in [6.07, 6.45) is 2.45. The molecule has 0 amide bonds. The third kappa shape index (κ3) is 2.72. The van der Waals surface area contributed by atoms with Crippen LogP contribution in [0, 0.1) is 0 Å². The SMILES string of the molecule is CC1OCCC1N(C)CCc1csc(N)n1. The summed E-state index contributed by atoms with van der Waals surface area (Å²) in [6, 6.07) is 0.552. The van der Waals surface area contributed by atoms with Crippen molar-refractivity contribution < 1.29 is 4.74 Å². The van der Waals surface area contributed by atoms with E-state index in [1.54, 1.807) is 0 Å². The first kappa shape index (κ1) is 11.8. The van der Waals surface area contributed by atoms with Crippen LogP contribution in [-0.2, 0) is 11.2 Å². The maximum Gasteiger partial charge on any atom is 0.180 e. The summed E-state index contributed by atoms with van der Waals surface area (Å²) in [7, 11) is 2.16. The van der Waals surface area contributed by atoms with Gasteiger partial charge in [0.2, 0.25) is 0 Å². The molecule has 1 saturated heterocycles. The molecule has 2 rings (SSSR count). The predicted molar refractivity (Wildman–Crippen MR) is 66.7 cm³/mol. The lowest BCUT2D eigenvalue weighted by atomic mass is 10.1. The van der Waals surface area contributed by atoms with Gasteiger partial charge in [0.05, 0.1) is 11.8 Å². The molecule has 0 bridgehead atoms. The Kier molecular flexibility index (Phi) is 3.78. The molecule has 2 unspecified atom stereocenters. The van der Waals surface area contributed by atoms with Gasteiger partial charge in [-0.25, -0.2) is 4.98 Å². The average Bonchev–Trinajstić information content (AvgIpc) is 2.84. The number of ether oxygens (including phenoxy) is 1. The highest BCUT2D eigenvalue weighted by molar-refractivity contribution is 7.13. The maximum atomic E-state index is 5.60. The highest BCUT2D eigenvalue weighted by Gasteiger charge is 2.27. The first-order valence-corrected chi connectivity index (χ1v) is 6.56. The molecule has 2 N–H and O–H groups in total. The van der Waals surface area contributed by atoms with E-state index in [0.29, 0.717) is 17.3 Å². The van der Waals surface area contributed by atoms with Crippen molar-refractivity contribution in [2.45, 2.75) is 31.9 Å². The van der Waals surface area contributed by atoms with Crippen LogP contribution in [0.2, 0.25) is 0 Å². The molecule has 1 aromatic rings. The fraction of sp³-hybridized carbons (Fsp3) is 0.727. The smallest absolute Gasteiger partial charge is 0.180 e. The van der Waals surface area contributed by atoms with E-state index in [1.807, 2.05) is 5.38 Å². The van der Waals surface area contributed by atoms with Crippen molar-refractivity contribution in [3.63, 3.8) is 0 Å². The van der Waals surface area contributed by atoms with Gasteiger partial charge in [0.1, 0.15) is 0 Å². The molecule has 1 aliphatic rings. The van der Waals surface area contributed by atoms with Gasteiger partial charge in [-0.05, 0) is 20.4 Å². The van der Waals surface area contributed by atoms with Gasteiger partial charge in [-0.3, -0.25) is 0 Å². The number of hydrogen-bond acceptors (Lipinski definition) is 5. The second kappa shape index (κ2) is 5.12. The minimum atomic E-state index is 0.352. The maximum absolute atomic E-state index is 5.60. The van der Waals surface area contributed by atoms with Crippen LogP contribution >= 0.6 is 11.3 Å². The molecular formula is C11H19N3OS. The molecule has 0 spiro atoms. The molecule has 0 aromatic carbocycles. The lowest BCUT2D eigenvalue weighted by Crippen LogP contribution is -2.37. The molecule has 0 aliphatic carbocycles. The number of likely N-dealkylation sites (N-methyl/N-ethyl adjacent to an activating group) is 1. The van der Waals surface area contributed by atoms with E-state index >= 15 is 0 Å². The Bertz CT molecular complexity index is 342. The van der Waals surface area contributed by atoms with E-state index in [2.05, 4.69) is 23.9 Å². The normalized spacial score (nSPS) is 25.4. The van der Waals surface area contributed by atoms with Crippen molar-refractivity contribution >= 4 is 16.5 Å². The Balaban J connectivity index is 1.81. The molecule has 2 heterocycles. The third-order valence-electron chi connectivity index (χ3n) is 3.19. The Hall–Kier alpha value is -0.650. The number of nitrogens with two attached hydrogens (primary N) is 1. The van der Waals surface area contributed by atoms with Crippen LogP contribution in [0.3, 0.4) is 0 Å². The van der Waals surface area contributed by atoms with Crippen LogP contribution in [0.1, 0.15) is 19.0 Å². The molecule has 1 aliphatic heterocycles. The Morgan fingerprint density at radius 3 is 3.06 bits per heavy atom. The summed E-state index contributed by atoms with van der Waals surface area (Å²) in [6.45, 7) is 4.05. The van der Waals surface area contributed by atoms with E-state index in [0.717, 1.165) is 31.7 Å². The van der Waals surface area contributed by atoms with Crippen molar-refractivity contribution in [1.82, 2.24) is 9.88 Å². The van der Waals surface area contributed by atoms with Crippen molar-refractivity contribution in [1.29, 1.82) is 0 Å². The van der Waals surface area contributed by atoms with Crippen molar-refractivity contribution in [2.75, 3.05) is 25.9 Å². The highest BCUT2D eigenvalue weighted by atomic mass is 32.1. The summed E-state index contributed by atoms with van der Waals surface area (Å²) in [5.74, 6) is 0. The van der Waals surface area contributed by atoms with Crippen molar-refractivity contribution in [3.8, 4) is 0 Å². The number of nitrogens with zero attached hydrogens (tertiary/aromatic N) is 2. The van der Waals surface area contributed by atoms with E-state index in [4.69, 9.17) is 10.5 Å². The van der Waals surface area contributed by atoms with E-state index in [9.17, 15) is 0 Å². The lowest BCUT2D eigenvalue weighted by Gasteiger charge is -2.26. The van der Waals surface area contributed by atoms with Crippen LogP contribution in [0.15, 0.2) is 5.38 Å². The summed E-state index contributed by atoms with van der Waals surface area (Å²) in [4.78, 5) is 6.63. The monoisotopic (exact) mass is 241 g/mol. The Morgan fingerprint density at radius 2 is 2.50 bits per heavy atom. The second-order valence-corrected chi connectivity index (χ2v) is 5.23. The van der Waals surface area contributed by atoms with Crippen LogP contribution in [0.4, 0.5) is 5.13 Å². The Morgan fingerprint density at radius 1 is 1.69 bits per heavy atom. The zero-order chi connectivity index (χ0) is 11.5. The summed E-state index contributed by atoms with van der Waals surface area (Å²) < 4.78 is 5.57. The minimum Gasteiger partial charge on any atom is -0.377 e. The van der Waals surface area contributed by atoms with Crippen molar-refractivity contribution in [3.05, 3.63) is 11.1 Å². The lowest BCUT2D eigenvalue weighted by molar-refractivity contribution is 0.0840. The largest absolute Gasteiger partial charge is 0.377 e. The zero-order valence-electron chi connectivity index (χ0n) is 9.85. The van der Waals surface area contributed by atoms with Crippen LogP contribution < -0.4 is 5.73 Å².